The van der Waals surface area contributed by atoms with Crippen LogP contribution >= 0.6 is 27.5 Å². The average Bonchev–Trinajstić information content (AvgIpc) is 2.75. The largest absolute Gasteiger partial charge is 0.385 e. The number of nitrogens with zero attached hydrogens (tertiary/aromatic N) is 2. The van der Waals surface area contributed by atoms with Crippen molar-refractivity contribution in [2.45, 2.75) is 45.8 Å². The first-order valence-electron chi connectivity index (χ1n) is 7.11. The molecule has 1 heterocycles. The van der Waals surface area contributed by atoms with Gasteiger partial charge < -0.3 is 5.11 Å². The fourth-order valence-electron chi connectivity index (χ4n) is 2.42. The third kappa shape index (κ3) is 3.50. The SMILES string of the molecule is CCc1nn(CC)c(CC(C)(O)c2ccc(Cl)cc2)c1Br. The molecule has 0 spiro atoms. The van der Waals surface area contributed by atoms with Crippen LogP contribution in [-0.2, 0) is 25.0 Å². The normalized spacial score (nSPS) is 14.2. The van der Waals surface area contributed by atoms with Crippen LogP contribution < -0.4 is 0 Å². The van der Waals surface area contributed by atoms with E-state index in [1.807, 2.05) is 23.7 Å². The van der Waals surface area contributed by atoms with Crippen LogP contribution in [0.3, 0.4) is 0 Å². The van der Waals surface area contributed by atoms with Crippen molar-refractivity contribution in [3.05, 3.63) is 50.7 Å². The van der Waals surface area contributed by atoms with Gasteiger partial charge in [-0.05, 0) is 53.9 Å². The van der Waals surface area contributed by atoms with Gasteiger partial charge in [0.05, 0.1) is 21.5 Å². The summed E-state index contributed by atoms with van der Waals surface area (Å²) in [5, 5.41) is 16.1. The van der Waals surface area contributed by atoms with Gasteiger partial charge >= 0.3 is 0 Å². The van der Waals surface area contributed by atoms with E-state index in [1.54, 1.807) is 12.1 Å². The number of aliphatic hydroxyl groups is 1. The van der Waals surface area contributed by atoms with Gasteiger partial charge in [-0.1, -0.05) is 30.7 Å². The zero-order chi connectivity index (χ0) is 15.6. The van der Waals surface area contributed by atoms with E-state index in [0.29, 0.717) is 11.4 Å². The number of halogens is 2. The highest BCUT2D eigenvalue weighted by Gasteiger charge is 2.27. The van der Waals surface area contributed by atoms with E-state index < -0.39 is 5.60 Å². The van der Waals surface area contributed by atoms with Gasteiger partial charge in [0.25, 0.3) is 0 Å². The summed E-state index contributed by atoms with van der Waals surface area (Å²) in [6.07, 6.45) is 1.36. The first kappa shape index (κ1) is 16.5. The summed E-state index contributed by atoms with van der Waals surface area (Å²) in [7, 11) is 0. The average molecular weight is 372 g/mol. The zero-order valence-electron chi connectivity index (χ0n) is 12.5. The molecule has 3 nitrogen and oxygen atoms in total. The Hall–Kier alpha value is -0.840. The standard InChI is InChI=1S/C16H20BrClN2O/c1-4-13-15(17)14(20(5-2)19-13)10-16(3,21)11-6-8-12(18)9-7-11/h6-9,21H,4-5,10H2,1-3H3. The molecule has 21 heavy (non-hydrogen) atoms. The van der Waals surface area contributed by atoms with Gasteiger partial charge in [-0.2, -0.15) is 5.10 Å². The second-order valence-electron chi connectivity index (χ2n) is 5.33. The van der Waals surface area contributed by atoms with E-state index in [0.717, 1.165) is 34.4 Å². The van der Waals surface area contributed by atoms with Crippen LogP contribution in [0.1, 0.15) is 37.7 Å². The Morgan fingerprint density at radius 3 is 2.43 bits per heavy atom. The molecule has 114 valence electrons. The molecule has 0 saturated carbocycles. The molecule has 0 saturated heterocycles. The molecule has 0 bridgehead atoms. The highest BCUT2D eigenvalue weighted by molar-refractivity contribution is 9.10. The van der Waals surface area contributed by atoms with Gasteiger partial charge in [-0.3, -0.25) is 4.68 Å². The van der Waals surface area contributed by atoms with Gasteiger partial charge in [0, 0.05) is 18.0 Å². The van der Waals surface area contributed by atoms with Crippen molar-refractivity contribution in [1.29, 1.82) is 0 Å². The third-order valence-corrected chi connectivity index (χ3v) is 4.84. The monoisotopic (exact) mass is 370 g/mol. The molecule has 1 aromatic heterocycles. The first-order valence-corrected chi connectivity index (χ1v) is 8.28. The molecule has 2 rings (SSSR count). The molecule has 0 aliphatic heterocycles. The summed E-state index contributed by atoms with van der Waals surface area (Å²) in [4.78, 5) is 0. The third-order valence-electron chi connectivity index (χ3n) is 3.67. The van der Waals surface area contributed by atoms with Crippen LogP contribution in [-0.4, -0.2) is 14.9 Å². The van der Waals surface area contributed by atoms with Crippen molar-refractivity contribution in [1.82, 2.24) is 9.78 Å². The lowest BCUT2D eigenvalue weighted by molar-refractivity contribution is 0.0552. The molecule has 5 heteroatoms. The number of hydrogen-bond donors (Lipinski definition) is 1. The second-order valence-corrected chi connectivity index (χ2v) is 6.56. The molecule has 1 atom stereocenters. The quantitative estimate of drug-likeness (QED) is 0.849. The number of rotatable bonds is 5. The summed E-state index contributed by atoms with van der Waals surface area (Å²) in [5.74, 6) is 0. The van der Waals surface area contributed by atoms with Crippen LogP contribution in [0.15, 0.2) is 28.7 Å². The maximum atomic E-state index is 10.9. The van der Waals surface area contributed by atoms with E-state index >= 15 is 0 Å². The summed E-state index contributed by atoms with van der Waals surface area (Å²) in [6.45, 7) is 6.74. The lowest BCUT2D eigenvalue weighted by Gasteiger charge is -2.24. The van der Waals surface area contributed by atoms with E-state index in [2.05, 4.69) is 34.9 Å². The lowest BCUT2D eigenvalue weighted by Crippen LogP contribution is -2.26. The Bertz CT molecular complexity index is 620. The highest BCUT2D eigenvalue weighted by Crippen LogP contribution is 2.31. The smallest absolute Gasteiger partial charge is 0.0924 e. The van der Waals surface area contributed by atoms with Gasteiger partial charge in [0.2, 0.25) is 0 Å². The highest BCUT2D eigenvalue weighted by atomic mass is 79.9. The molecule has 1 aromatic carbocycles. The van der Waals surface area contributed by atoms with Crippen LogP contribution in [0.2, 0.25) is 5.02 Å². The van der Waals surface area contributed by atoms with Crippen molar-refractivity contribution in [2.24, 2.45) is 0 Å². The second kappa shape index (κ2) is 6.51. The van der Waals surface area contributed by atoms with E-state index in [4.69, 9.17) is 11.6 Å². The Labute approximate surface area is 139 Å². The maximum Gasteiger partial charge on any atom is 0.0924 e. The lowest BCUT2D eigenvalue weighted by atomic mass is 9.91. The van der Waals surface area contributed by atoms with Crippen molar-refractivity contribution in [3.8, 4) is 0 Å². The predicted octanol–water partition coefficient (Wildman–Crippen LogP) is 4.33. The van der Waals surface area contributed by atoms with Crippen LogP contribution in [0.5, 0.6) is 0 Å². The Morgan fingerprint density at radius 2 is 1.90 bits per heavy atom. The van der Waals surface area contributed by atoms with Crippen molar-refractivity contribution in [2.75, 3.05) is 0 Å². The van der Waals surface area contributed by atoms with Gasteiger partial charge in [-0.25, -0.2) is 0 Å². The minimum Gasteiger partial charge on any atom is -0.385 e. The zero-order valence-corrected chi connectivity index (χ0v) is 14.9. The van der Waals surface area contributed by atoms with Crippen LogP contribution in [0.25, 0.3) is 0 Å². The number of aryl methyl sites for hydroxylation is 2. The summed E-state index contributed by atoms with van der Waals surface area (Å²) >= 11 is 9.54. The molecule has 1 N–H and O–H groups in total. The van der Waals surface area contributed by atoms with Crippen LogP contribution in [0, 0.1) is 0 Å². The Morgan fingerprint density at radius 1 is 1.29 bits per heavy atom. The Balaban J connectivity index is 2.36. The minimum atomic E-state index is -0.967. The van der Waals surface area contributed by atoms with Gasteiger partial charge in [-0.15, -0.1) is 0 Å². The molecule has 0 aliphatic rings. The summed E-state index contributed by atoms with van der Waals surface area (Å²) < 4.78 is 2.95. The van der Waals surface area contributed by atoms with Gasteiger partial charge in [0.15, 0.2) is 0 Å². The van der Waals surface area contributed by atoms with E-state index in [-0.39, 0.29) is 0 Å². The Kier molecular flexibility index (Phi) is 5.12. The molecule has 2 aromatic rings. The molecule has 1 unspecified atom stereocenters. The summed E-state index contributed by atoms with van der Waals surface area (Å²) in [5.41, 5.74) is 1.93. The maximum absolute atomic E-state index is 10.9. The number of hydrogen-bond acceptors (Lipinski definition) is 2. The fraction of sp³-hybridized carbons (Fsp3) is 0.438. The van der Waals surface area contributed by atoms with Crippen LogP contribution in [0.4, 0.5) is 0 Å². The number of benzene rings is 1. The van der Waals surface area contributed by atoms with Crippen molar-refractivity contribution >= 4 is 27.5 Å². The van der Waals surface area contributed by atoms with Gasteiger partial charge in [0.1, 0.15) is 0 Å². The molecule has 0 fully saturated rings. The molecule has 0 amide bonds. The van der Waals surface area contributed by atoms with Crippen molar-refractivity contribution < 1.29 is 5.11 Å². The minimum absolute atomic E-state index is 0.496. The number of aromatic nitrogens is 2. The summed E-state index contributed by atoms with van der Waals surface area (Å²) in [6, 6.07) is 7.33. The molecule has 0 aliphatic carbocycles. The van der Waals surface area contributed by atoms with Crippen molar-refractivity contribution in [3.63, 3.8) is 0 Å². The molecule has 0 radical (unpaired) electrons. The first-order chi connectivity index (χ1) is 9.89. The fourth-order valence-corrected chi connectivity index (χ4v) is 3.25. The molecular formula is C16H20BrClN2O. The van der Waals surface area contributed by atoms with E-state index in [9.17, 15) is 5.11 Å². The predicted molar refractivity (Wildman–Crippen MR) is 89.7 cm³/mol. The molecular weight excluding hydrogens is 352 g/mol. The van der Waals surface area contributed by atoms with E-state index in [1.165, 1.54) is 0 Å². The topological polar surface area (TPSA) is 38.0 Å².